The standard InChI is InChI=1S/C13H8N2O3/c16-7-18-11-4-6-15-13-9(11)2-1-8-10(17)3-5-14-12(8)13/h1-7H,(H,14,17). The number of benzene rings is 1. The molecule has 5 heteroatoms. The van der Waals surface area contributed by atoms with E-state index in [1.165, 1.54) is 12.3 Å². The largest absolute Gasteiger partial charge is 0.428 e. The minimum atomic E-state index is -0.0749. The van der Waals surface area contributed by atoms with Crippen LogP contribution in [-0.2, 0) is 4.79 Å². The van der Waals surface area contributed by atoms with Gasteiger partial charge in [0.1, 0.15) is 5.75 Å². The van der Waals surface area contributed by atoms with Gasteiger partial charge in [-0.05, 0) is 18.2 Å². The summed E-state index contributed by atoms with van der Waals surface area (Å²) in [5, 5.41) is 1.24. The van der Waals surface area contributed by atoms with Crippen molar-refractivity contribution in [3.8, 4) is 5.75 Å². The molecule has 0 aliphatic carbocycles. The molecule has 1 aromatic carbocycles. The van der Waals surface area contributed by atoms with Crippen molar-refractivity contribution in [2.75, 3.05) is 0 Å². The van der Waals surface area contributed by atoms with Crippen LogP contribution in [0.15, 0.2) is 41.5 Å². The number of ether oxygens (including phenoxy) is 1. The molecule has 0 amide bonds. The average Bonchev–Trinajstić information content (AvgIpc) is 2.40. The van der Waals surface area contributed by atoms with Gasteiger partial charge in [0.15, 0.2) is 5.43 Å². The van der Waals surface area contributed by atoms with E-state index in [-0.39, 0.29) is 5.43 Å². The zero-order chi connectivity index (χ0) is 12.5. The van der Waals surface area contributed by atoms with Crippen molar-refractivity contribution in [3.05, 3.63) is 46.9 Å². The van der Waals surface area contributed by atoms with Gasteiger partial charge in [0.25, 0.3) is 6.47 Å². The summed E-state index contributed by atoms with van der Waals surface area (Å²) in [7, 11) is 0. The van der Waals surface area contributed by atoms with Crippen molar-refractivity contribution in [1.82, 2.24) is 9.97 Å². The summed E-state index contributed by atoms with van der Waals surface area (Å²) in [5.41, 5.74) is 1.16. The third-order valence-electron chi connectivity index (χ3n) is 2.78. The summed E-state index contributed by atoms with van der Waals surface area (Å²) in [5.74, 6) is 0.418. The van der Waals surface area contributed by atoms with Gasteiger partial charge in [-0.2, -0.15) is 0 Å². The van der Waals surface area contributed by atoms with Crippen LogP contribution in [0.25, 0.3) is 21.8 Å². The fraction of sp³-hybridized carbons (Fsp3) is 0. The molecule has 0 atom stereocenters. The monoisotopic (exact) mass is 240 g/mol. The Morgan fingerprint density at radius 3 is 2.83 bits per heavy atom. The van der Waals surface area contributed by atoms with Crippen LogP contribution in [0.5, 0.6) is 5.75 Å². The molecule has 0 unspecified atom stereocenters. The number of carbonyl (C=O) groups is 1. The Bertz CT molecular complexity index is 808. The van der Waals surface area contributed by atoms with Crippen LogP contribution in [-0.4, -0.2) is 16.4 Å². The Hall–Kier alpha value is -2.69. The fourth-order valence-electron chi connectivity index (χ4n) is 1.99. The number of fused-ring (bicyclic) bond motifs is 3. The molecule has 0 bridgehead atoms. The molecule has 0 fully saturated rings. The lowest BCUT2D eigenvalue weighted by Gasteiger charge is -2.05. The highest BCUT2D eigenvalue weighted by Crippen LogP contribution is 2.27. The van der Waals surface area contributed by atoms with Crippen molar-refractivity contribution in [2.24, 2.45) is 0 Å². The zero-order valence-electron chi connectivity index (χ0n) is 9.21. The van der Waals surface area contributed by atoms with Gasteiger partial charge < -0.3 is 9.72 Å². The molecule has 0 saturated carbocycles. The average molecular weight is 240 g/mol. The molecule has 88 valence electrons. The normalized spacial score (nSPS) is 10.7. The van der Waals surface area contributed by atoms with Crippen LogP contribution in [0.4, 0.5) is 0 Å². The number of nitrogens with zero attached hydrogens (tertiary/aromatic N) is 1. The maximum atomic E-state index is 11.7. The van der Waals surface area contributed by atoms with Crippen LogP contribution < -0.4 is 10.2 Å². The van der Waals surface area contributed by atoms with Crippen LogP contribution in [0.3, 0.4) is 0 Å². The van der Waals surface area contributed by atoms with E-state index in [1.807, 2.05) is 0 Å². The topological polar surface area (TPSA) is 72.0 Å². The Labute approximate surface area is 101 Å². The third kappa shape index (κ3) is 1.45. The summed E-state index contributed by atoms with van der Waals surface area (Å²) in [6.45, 7) is 0.368. The summed E-state index contributed by atoms with van der Waals surface area (Å²) in [4.78, 5) is 29.4. The highest BCUT2D eigenvalue weighted by atomic mass is 16.5. The second kappa shape index (κ2) is 3.96. The maximum absolute atomic E-state index is 11.7. The van der Waals surface area contributed by atoms with Crippen molar-refractivity contribution in [2.45, 2.75) is 0 Å². The van der Waals surface area contributed by atoms with Crippen LogP contribution >= 0.6 is 0 Å². The van der Waals surface area contributed by atoms with Crippen molar-refractivity contribution in [1.29, 1.82) is 0 Å². The summed E-state index contributed by atoms with van der Waals surface area (Å²) >= 11 is 0. The van der Waals surface area contributed by atoms with E-state index in [9.17, 15) is 9.59 Å². The zero-order valence-corrected chi connectivity index (χ0v) is 9.21. The lowest BCUT2D eigenvalue weighted by molar-refractivity contribution is -0.120. The van der Waals surface area contributed by atoms with Gasteiger partial charge in [0.2, 0.25) is 0 Å². The number of H-pyrrole nitrogens is 1. The minimum absolute atomic E-state index is 0.0749. The van der Waals surface area contributed by atoms with Crippen LogP contribution in [0, 0.1) is 0 Å². The van der Waals surface area contributed by atoms with Gasteiger partial charge in [-0.1, -0.05) is 0 Å². The van der Waals surface area contributed by atoms with Gasteiger partial charge >= 0.3 is 0 Å². The van der Waals surface area contributed by atoms with Crippen molar-refractivity contribution in [3.63, 3.8) is 0 Å². The number of nitrogens with one attached hydrogen (secondary N) is 1. The van der Waals surface area contributed by atoms with Crippen molar-refractivity contribution >= 4 is 28.3 Å². The number of aromatic nitrogens is 2. The van der Waals surface area contributed by atoms with E-state index in [2.05, 4.69) is 9.97 Å². The third-order valence-corrected chi connectivity index (χ3v) is 2.78. The van der Waals surface area contributed by atoms with E-state index < -0.39 is 0 Å². The van der Waals surface area contributed by atoms with Gasteiger partial charge in [-0.3, -0.25) is 14.6 Å². The number of aromatic amines is 1. The fourth-order valence-corrected chi connectivity index (χ4v) is 1.99. The molecule has 1 N–H and O–H groups in total. The molecule has 0 aliphatic rings. The summed E-state index contributed by atoms with van der Waals surface area (Å²) in [6, 6.07) is 6.47. The lowest BCUT2D eigenvalue weighted by atomic mass is 10.1. The van der Waals surface area contributed by atoms with E-state index in [4.69, 9.17) is 4.74 Å². The number of rotatable bonds is 2. The number of carbonyl (C=O) groups excluding carboxylic acids is 1. The summed E-state index contributed by atoms with van der Waals surface area (Å²) < 4.78 is 4.89. The van der Waals surface area contributed by atoms with Crippen LogP contribution in [0.1, 0.15) is 0 Å². The molecular formula is C13H8N2O3. The first-order valence-corrected chi connectivity index (χ1v) is 5.30. The molecule has 0 aliphatic heterocycles. The second-order valence-corrected chi connectivity index (χ2v) is 3.75. The summed E-state index contributed by atoms with van der Waals surface area (Å²) in [6.07, 6.45) is 3.10. The quantitative estimate of drug-likeness (QED) is 0.545. The molecule has 3 rings (SSSR count). The SMILES string of the molecule is O=COc1ccnc2c1ccc1c(=O)cc[nH]c12. The Morgan fingerprint density at radius 1 is 1.17 bits per heavy atom. The molecule has 18 heavy (non-hydrogen) atoms. The first kappa shape index (κ1) is 10.5. The Morgan fingerprint density at radius 2 is 2.00 bits per heavy atom. The van der Waals surface area contributed by atoms with E-state index >= 15 is 0 Å². The number of pyridine rings is 2. The molecule has 0 saturated heterocycles. The van der Waals surface area contributed by atoms with Gasteiger partial charge in [-0.25, -0.2) is 0 Å². The predicted octanol–water partition coefficient (Wildman–Crippen LogP) is 1.61. The highest BCUT2D eigenvalue weighted by Gasteiger charge is 2.08. The first-order chi connectivity index (χ1) is 8.81. The Balaban J connectivity index is 2.49. The first-order valence-electron chi connectivity index (χ1n) is 5.30. The van der Waals surface area contributed by atoms with E-state index in [0.29, 0.717) is 34.0 Å². The predicted molar refractivity (Wildman–Crippen MR) is 66.6 cm³/mol. The minimum Gasteiger partial charge on any atom is -0.428 e. The second-order valence-electron chi connectivity index (χ2n) is 3.75. The molecule has 0 radical (unpaired) electrons. The van der Waals surface area contributed by atoms with Crippen molar-refractivity contribution < 1.29 is 9.53 Å². The lowest BCUT2D eigenvalue weighted by Crippen LogP contribution is -2.01. The highest BCUT2D eigenvalue weighted by molar-refractivity contribution is 6.04. The van der Waals surface area contributed by atoms with E-state index in [1.54, 1.807) is 24.4 Å². The number of hydrogen-bond donors (Lipinski definition) is 1. The van der Waals surface area contributed by atoms with Gasteiger partial charge in [0, 0.05) is 29.2 Å². The molecular weight excluding hydrogens is 232 g/mol. The molecule has 2 aromatic heterocycles. The van der Waals surface area contributed by atoms with Gasteiger partial charge in [-0.15, -0.1) is 0 Å². The van der Waals surface area contributed by atoms with Crippen LogP contribution in [0.2, 0.25) is 0 Å². The molecule has 2 heterocycles. The maximum Gasteiger partial charge on any atom is 0.298 e. The molecule has 5 nitrogen and oxygen atoms in total. The molecule has 3 aromatic rings. The van der Waals surface area contributed by atoms with Gasteiger partial charge in [0.05, 0.1) is 11.0 Å². The molecule has 0 spiro atoms. The van der Waals surface area contributed by atoms with E-state index in [0.717, 1.165) is 0 Å². The smallest absolute Gasteiger partial charge is 0.298 e. The number of hydrogen-bond acceptors (Lipinski definition) is 4. The Kier molecular flexibility index (Phi) is 2.30.